The fourth-order valence-electron chi connectivity index (χ4n) is 6.70. The minimum absolute atomic E-state index is 0.00808. The van der Waals surface area contributed by atoms with Gasteiger partial charge in [-0.1, -0.05) is 0 Å². The Labute approximate surface area is 193 Å². The maximum absolute atomic E-state index is 13.8. The second-order valence-electron chi connectivity index (χ2n) is 9.92. The standard InChI is InChI=1S/C23H24F3N3O5/c1-11(2)28(20(31)32)15-9-22-6-7-33-19-17(22)16(21(15,3)34-22)18(30)29(19)13-5-4-12(10-27)14(8-13)23(24,25)26/h4-5,8,11,15-17,19H,6-7,9H2,1-3H3,(H,31,32)/t15-,16+,17-,19-,21+,22-/m0/s1. The van der Waals surface area contributed by atoms with Gasteiger partial charge in [-0.3, -0.25) is 14.6 Å². The van der Waals surface area contributed by atoms with Gasteiger partial charge >= 0.3 is 12.3 Å². The molecular weight excluding hydrogens is 455 g/mol. The average molecular weight is 479 g/mol. The lowest BCUT2D eigenvalue weighted by molar-refractivity contribution is -0.142. The van der Waals surface area contributed by atoms with Gasteiger partial charge < -0.3 is 14.6 Å². The number of halogens is 3. The smallest absolute Gasteiger partial charge is 0.417 e. The van der Waals surface area contributed by atoms with Gasteiger partial charge in [0.15, 0.2) is 0 Å². The zero-order valence-corrected chi connectivity index (χ0v) is 18.8. The Morgan fingerprint density at radius 3 is 2.68 bits per heavy atom. The van der Waals surface area contributed by atoms with Gasteiger partial charge in [0, 0.05) is 30.5 Å². The molecule has 4 fully saturated rings. The van der Waals surface area contributed by atoms with E-state index in [1.54, 1.807) is 26.8 Å². The number of ether oxygens (including phenoxy) is 2. The number of benzene rings is 1. The molecule has 11 heteroatoms. The summed E-state index contributed by atoms with van der Waals surface area (Å²) in [6.07, 6.45) is -5.87. The molecule has 0 radical (unpaired) electrons. The second kappa shape index (κ2) is 7.09. The molecule has 2 amide bonds. The van der Waals surface area contributed by atoms with E-state index in [1.807, 2.05) is 0 Å². The zero-order chi connectivity index (χ0) is 24.8. The van der Waals surface area contributed by atoms with Crippen LogP contribution in [0.3, 0.4) is 0 Å². The highest BCUT2D eigenvalue weighted by Crippen LogP contribution is 2.66. The molecule has 1 spiro atoms. The molecule has 2 bridgehead atoms. The highest BCUT2D eigenvalue weighted by molar-refractivity contribution is 6.00. The van der Waals surface area contributed by atoms with E-state index < -0.39 is 64.6 Å². The minimum atomic E-state index is -4.77. The van der Waals surface area contributed by atoms with E-state index >= 15 is 0 Å². The number of anilines is 1. The van der Waals surface area contributed by atoms with Crippen LogP contribution in [0.1, 0.15) is 44.7 Å². The summed E-state index contributed by atoms with van der Waals surface area (Å²) >= 11 is 0. The van der Waals surface area contributed by atoms with Crippen LogP contribution in [0.4, 0.5) is 23.7 Å². The first-order valence-corrected chi connectivity index (χ1v) is 11.1. The third kappa shape index (κ3) is 2.84. The number of hydrogen-bond donors (Lipinski definition) is 1. The van der Waals surface area contributed by atoms with E-state index in [2.05, 4.69) is 0 Å². The molecule has 4 heterocycles. The lowest BCUT2D eigenvalue weighted by atomic mass is 9.63. The fourth-order valence-corrected chi connectivity index (χ4v) is 6.70. The van der Waals surface area contributed by atoms with E-state index in [9.17, 15) is 27.9 Å². The summed E-state index contributed by atoms with van der Waals surface area (Å²) in [5.41, 5.74) is -3.62. The maximum Gasteiger partial charge on any atom is 0.417 e. The minimum Gasteiger partial charge on any atom is -0.465 e. The zero-order valence-electron chi connectivity index (χ0n) is 18.8. The van der Waals surface area contributed by atoms with E-state index in [0.29, 0.717) is 12.8 Å². The van der Waals surface area contributed by atoms with Crippen molar-refractivity contribution in [3.05, 3.63) is 29.3 Å². The lowest BCUT2D eigenvalue weighted by Gasteiger charge is -2.45. The van der Waals surface area contributed by atoms with Crippen molar-refractivity contribution in [3.63, 3.8) is 0 Å². The molecule has 0 aromatic heterocycles. The predicted octanol–water partition coefficient (Wildman–Crippen LogP) is 3.59. The number of rotatable bonds is 3. The number of nitrogens with zero attached hydrogens (tertiary/aromatic N) is 3. The first kappa shape index (κ1) is 22.9. The summed E-state index contributed by atoms with van der Waals surface area (Å²) in [5, 5.41) is 19.0. The van der Waals surface area contributed by atoms with Crippen LogP contribution in [0, 0.1) is 23.2 Å². The van der Waals surface area contributed by atoms with Crippen LogP contribution in [-0.4, -0.2) is 58.1 Å². The molecule has 4 aliphatic heterocycles. The molecular formula is C23H24F3N3O5. The van der Waals surface area contributed by atoms with Crippen molar-refractivity contribution in [2.24, 2.45) is 11.8 Å². The number of carboxylic acid groups (broad SMARTS) is 1. The summed E-state index contributed by atoms with van der Waals surface area (Å²) < 4.78 is 53.2. The maximum atomic E-state index is 13.8. The predicted molar refractivity (Wildman–Crippen MR) is 111 cm³/mol. The molecule has 4 aliphatic rings. The number of fused-ring (bicyclic) bond motifs is 2. The molecule has 1 aromatic carbocycles. The van der Waals surface area contributed by atoms with Crippen LogP contribution >= 0.6 is 0 Å². The second-order valence-corrected chi connectivity index (χ2v) is 9.92. The Morgan fingerprint density at radius 1 is 1.38 bits per heavy atom. The number of amides is 2. The van der Waals surface area contributed by atoms with E-state index in [4.69, 9.17) is 14.7 Å². The molecule has 1 N–H and O–H groups in total. The molecule has 6 atom stereocenters. The van der Waals surface area contributed by atoms with Gasteiger partial charge in [-0.15, -0.1) is 0 Å². The van der Waals surface area contributed by atoms with Crippen LogP contribution in [0.2, 0.25) is 0 Å². The molecule has 182 valence electrons. The molecule has 34 heavy (non-hydrogen) atoms. The van der Waals surface area contributed by atoms with Crippen LogP contribution in [-0.2, 0) is 20.4 Å². The van der Waals surface area contributed by atoms with Crippen LogP contribution in [0.5, 0.6) is 0 Å². The number of hydrogen-bond acceptors (Lipinski definition) is 5. The van der Waals surface area contributed by atoms with Crippen molar-refractivity contribution >= 4 is 17.7 Å². The van der Waals surface area contributed by atoms with Gasteiger partial charge in [0.05, 0.1) is 47.0 Å². The van der Waals surface area contributed by atoms with Crippen molar-refractivity contribution in [2.75, 3.05) is 11.5 Å². The molecule has 8 nitrogen and oxygen atoms in total. The van der Waals surface area contributed by atoms with Gasteiger partial charge in [-0.25, -0.2) is 4.79 Å². The quantitative estimate of drug-likeness (QED) is 0.711. The molecule has 0 aliphatic carbocycles. The average Bonchev–Trinajstić information content (AvgIpc) is 3.30. The monoisotopic (exact) mass is 479 g/mol. The fraction of sp³-hybridized carbons (Fsp3) is 0.609. The van der Waals surface area contributed by atoms with Crippen LogP contribution < -0.4 is 4.90 Å². The van der Waals surface area contributed by atoms with E-state index in [0.717, 1.165) is 12.1 Å². The van der Waals surface area contributed by atoms with Crippen molar-refractivity contribution in [1.82, 2.24) is 4.90 Å². The SMILES string of the molecule is CC(C)N(C(=O)O)[C@H]1C[C@@]23CCO[C@H]4[C@@H]2[C@H](C(=O)N4c2ccc(C#N)c(C(F)(F)F)c2)[C@]1(C)O3. The van der Waals surface area contributed by atoms with Crippen LogP contribution in [0.25, 0.3) is 0 Å². The number of alkyl halides is 3. The van der Waals surface area contributed by atoms with Gasteiger partial charge in [0.2, 0.25) is 5.91 Å². The number of nitriles is 1. The summed E-state index contributed by atoms with van der Waals surface area (Å²) in [6, 6.07) is 3.79. The molecule has 4 saturated heterocycles. The van der Waals surface area contributed by atoms with Gasteiger partial charge in [0.1, 0.15) is 6.23 Å². The number of carbonyl (C=O) groups is 2. The van der Waals surface area contributed by atoms with Crippen molar-refractivity contribution in [1.29, 1.82) is 5.26 Å². The highest BCUT2D eigenvalue weighted by atomic mass is 19.4. The molecule has 5 rings (SSSR count). The van der Waals surface area contributed by atoms with Gasteiger partial charge in [0.25, 0.3) is 0 Å². The molecule has 0 saturated carbocycles. The van der Waals surface area contributed by atoms with Crippen molar-refractivity contribution in [2.45, 2.75) is 69.3 Å². The summed E-state index contributed by atoms with van der Waals surface area (Å²) in [6.45, 7) is 5.46. The Bertz CT molecular complexity index is 1120. The van der Waals surface area contributed by atoms with Crippen molar-refractivity contribution < 1.29 is 37.3 Å². The van der Waals surface area contributed by atoms with Crippen molar-refractivity contribution in [3.8, 4) is 6.07 Å². The topological polar surface area (TPSA) is 103 Å². The Hall–Kier alpha value is -2.84. The van der Waals surface area contributed by atoms with Crippen LogP contribution in [0.15, 0.2) is 18.2 Å². The molecule has 0 unspecified atom stereocenters. The normalized spacial score (nSPS) is 36.1. The third-order valence-corrected chi connectivity index (χ3v) is 7.91. The highest BCUT2D eigenvalue weighted by Gasteiger charge is 2.79. The third-order valence-electron chi connectivity index (χ3n) is 7.91. The summed E-state index contributed by atoms with van der Waals surface area (Å²) in [5.74, 6) is -1.68. The lowest BCUT2D eigenvalue weighted by Crippen LogP contribution is -2.60. The largest absolute Gasteiger partial charge is 0.465 e. The van der Waals surface area contributed by atoms with E-state index in [-0.39, 0.29) is 18.3 Å². The summed E-state index contributed by atoms with van der Waals surface area (Å²) in [4.78, 5) is 28.4. The summed E-state index contributed by atoms with van der Waals surface area (Å²) in [7, 11) is 0. The van der Waals surface area contributed by atoms with Gasteiger partial charge in [-0.05, 0) is 39.0 Å². The Morgan fingerprint density at radius 2 is 2.09 bits per heavy atom. The first-order chi connectivity index (χ1) is 15.9. The first-order valence-electron chi connectivity index (χ1n) is 11.1. The Balaban J connectivity index is 1.60. The molecule has 1 aromatic rings. The van der Waals surface area contributed by atoms with E-state index in [1.165, 1.54) is 15.9 Å². The van der Waals surface area contributed by atoms with Gasteiger partial charge in [-0.2, -0.15) is 18.4 Å². The Kier molecular flexibility index (Phi) is 4.78. The number of carbonyl (C=O) groups excluding carboxylic acids is 1.